The van der Waals surface area contributed by atoms with Crippen LogP contribution in [-0.4, -0.2) is 41.1 Å². The molecule has 1 amide bonds. The van der Waals surface area contributed by atoms with Crippen molar-refractivity contribution in [3.63, 3.8) is 0 Å². The highest BCUT2D eigenvalue weighted by molar-refractivity contribution is 5.79. The molecule has 1 unspecified atom stereocenters. The molecule has 0 bridgehead atoms. The number of halogens is 3. The van der Waals surface area contributed by atoms with E-state index in [2.05, 4.69) is 0 Å². The van der Waals surface area contributed by atoms with Gasteiger partial charge < -0.3 is 10.0 Å². The zero-order chi connectivity index (χ0) is 18.8. The number of hydrogen-bond donors (Lipinski definition) is 1. The lowest BCUT2D eigenvalue weighted by Gasteiger charge is -2.21. The summed E-state index contributed by atoms with van der Waals surface area (Å²) in [6, 6.07) is 7.69. The molecule has 2 rings (SSSR count). The SMILES string of the molecule is CCC(CC(=O)N1C[C@@H](C(F)(F)F)[C@H](C(=O)O)C1)c1ccc(C)cc1. The number of amides is 1. The number of carbonyl (C=O) groups excluding carboxylic acids is 1. The number of carboxylic acids is 1. The summed E-state index contributed by atoms with van der Waals surface area (Å²) in [5.74, 6) is -5.63. The van der Waals surface area contributed by atoms with Gasteiger partial charge in [-0.1, -0.05) is 36.8 Å². The third-order valence-corrected chi connectivity index (χ3v) is 4.87. The smallest absolute Gasteiger partial charge is 0.394 e. The van der Waals surface area contributed by atoms with Gasteiger partial charge in [0.25, 0.3) is 0 Å². The maximum Gasteiger partial charge on any atom is 0.394 e. The Kier molecular flexibility index (Phi) is 5.75. The van der Waals surface area contributed by atoms with Crippen molar-refractivity contribution in [1.29, 1.82) is 0 Å². The lowest BCUT2D eigenvalue weighted by Crippen LogP contribution is -2.34. The first-order valence-corrected chi connectivity index (χ1v) is 8.27. The fraction of sp³-hybridized carbons (Fsp3) is 0.556. The summed E-state index contributed by atoms with van der Waals surface area (Å²) in [4.78, 5) is 24.6. The van der Waals surface area contributed by atoms with E-state index in [1.165, 1.54) is 0 Å². The average Bonchev–Trinajstić information content (AvgIpc) is 2.99. The van der Waals surface area contributed by atoms with Crippen LogP contribution in [0.1, 0.15) is 36.8 Å². The molecule has 3 atom stereocenters. The van der Waals surface area contributed by atoms with Crippen LogP contribution in [-0.2, 0) is 9.59 Å². The van der Waals surface area contributed by atoms with Crippen molar-refractivity contribution < 1.29 is 27.9 Å². The summed E-state index contributed by atoms with van der Waals surface area (Å²) in [6.07, 6.45) is -3.87. The molecular formula is C18H22F3NO3. The Morgan fingerprint density at radius 2 is 1.84 bits per heavy atom. The van der Waals surface area contributed by atoms with E-state index in [9.17, 15) is 22.8 Å². The molecule has 1 aliphatic heterocycles. The van der Waals surface area contributed by atoms with Gasteiger partial charge in [-0.05, 0) is 24.8 Å². The summed E-state index contributed by atoms with van der Waals surface area (Å²) >= 11 is 0. The zero-order valence-corrected chi connectivity index (χ0v) is 14.2. The second-order valence-electron chi connectivity index (χ2n) is 6.61. The molecule has 1 saturated heterocycles. The number of carbonyl (C=O) groups is 2. The van der Waals surface area contributed by atoms with E-state index in [-0.39, 0.29) is 18.9 Å². The van der Waals surface area contributed by atoms with E-state index in [0.717, 1.165) is 16.0 Å². The number of likely N-dealkylation sites (tertiary alicyclic amines) is 1. The van der Waals surface area contributed by atoms with Crippen molar-refractivity contribution in [2.75, 3.05) is 13.1 Å². The lowest BCUT2D eigenvalue weighted by atomic mass is 9.92. The third kappa shape index (κ3) is 4.52. The van der Waals surface area contributed by atoms with Crippen LogP contribution in [0.4, 0.5) is 13.2 Å². The quantitative estimate of drug-likeness (QED) is 0.876. The Hall–Kier alpha value is -2.05. The van der Waals surface area contributed by atoms with Crippen molar-refractivity contribution in [2.45, 2.75) is 38.8 Å². The Balaban J connectivity index is 2.09. The highest BCUT2D eigenvalue weighted by Gasteiger charge is 2.53. The van der Waals surface area contributed by atoms with Crippen LogP contribution in [0.2, 0.25) is 0 Å². The summed E-state index contributed by atoms with van der Waals surface area (Å²) in [5.41, 5.74) is 2.05. The number of carboxylic acid groups (broad SMARTS) is 1. The number of aliphatic carboxylic acids is 1. The minimum Gasteiger partial charge on any atom is -0.481 e. The number of alkyl halides is 3. The fourth-order valence-corrected chi connectivity index (χ4v) is 3.27. The third-order valence-electron chi connectivity index (χ3n) is 4.87. The van der Waals surface area contributed by atoms with Gasteiger partial charge in [0.15, 0.2) is 0 Å². The summed E-state index contributed by atoms with van der Waals surface area (Å²) < 4.78 is 39.1. The second kappa shape index (κ2) is 7.45. The molecule has 0 spiro atoms. The zero-order valence-electron chi connectivity index (χ0n) is 14.2. The number of nitrogens with zero attached hydrogens (tertiary/aromatic N) is 1. The van der Waals surface area contributed by atoms with Crippen LogP contribution in [0.15, 0.2) is 24.3 Å². The lowest BCUT2D eigenvalue weighted by molar-refractivity contribution is -0.188. The van der Waals surface area contributed by atoms with E-state index in [1.807, 2.05) is 38.1 Å². The first-order valence-electron chi connectivity index (χ1n) is 8.27. The highest BCUT2D eigenvalue weighted by atomic mass is 19.4. The maximum atomic E-state index is 13.0. The molecule has 0 saturated carbocycles. The van der Waals surface area contributed by atoms with Crippen molar-refractivity contribution in [3.8, 4) is 0 Å². The van der Waals surface area contributed by atoms with Crippen molar-refractivity contribution >= 4 is 11.9 Å². The van der Waals surface area contributed by atoms with Gasteiger partial charge in [0.1, 0.15) is 0 Å². The topological polar surface area (TPSA) is 57.6 Å². The molecule has 1 N–H and O–H groups in total. The van der Waals surface area contributed by atoms with Gasteiger partial charge in [-0.25, -0.2) is 0 Å². The van der Waals surface area contributed by atoms with Gasteiger partial charge in [0, 0.05) is 19.5 Å². The van der Waals surface area contributed by atoms with Gasteiger partial charge in [-0.15, -0.1) is 0 Å². The van der Waals surface area contributed by atoms with Gasteiger partial charge in [-0.3, -0.25) is 9.59 Å². The predicted molar refractivity (Wildman–Crippen MR) is 86.1 cm³/mol. The van der Waals surface area contributed by atoms with Crippen LogP contribution in [0.5, 0.6) is 0 Å². The molecule has 7 heteroatoms. The Bertz CT molecular complexity index is 627. The number of rotatable bonds is 5. The van der Waals surface area contributed by atoms with Gasteiger partial charge in [0.05, 0.1) is 11.8 Å². The van der Waals surface area contributed by atoms with Crippen molar-refractivity contribution in [2.24, 2.45) is 11.8 Å². The minimum absolute atomic E-state index is 0.0798. The molecule has 25 heavy (non-hydrogen) atoms. The first-order chi connectivity index (χ1) is 11.6. The standard InChI is InChI=1S/C18H22F3NO3/c1-3-12(13-6-4-11(2)5-7-13)8-16(23)22-9-14(17(24)25)15(10-22)18(19,20)21/h4-7,12,14-15H,3,8-10H2,1-2H3,(H,24,25)/t12?,14-,15-/m1/s1. The van der Waals surface area contributed by atoms with Gasteiger partial charge in [0.2, 0.25) is 5.91 Å². The first kappa shape index (κ1) is 19.3. The van der Waals surface area contributed by atoms with Gasteiger partial charge >= 0.3 is 12.1 Å². The molecule has 1 aromatic carbocycles. The predicted octanol–water partition coefficient (Wildman–Crippen LogP) is 3.60. The van der Waals surface area contributed by atoms with E-state index < -0.39 is 36.4 Å². The monoisotopic (exact) mass is 357 g/mol. The normalized spacial score (nSPS) is 22.0. The summed E-state index contributed by atoms with van der Waals surface area (Å²) in [6.45, 7) is 2.90. The maximum absolute atomic E-state index is 13.0. The van der Waals surface area contributed by atoms with Crippen LogP contribution >= 0.6 is 0 Å². The molecule has 0 radical (unpaired) electrons. The molecular weight excluding hydrogens is 335 g/mol. The van der Waals surface area contributed by atoms with E-state index in [1.54, 1.807) is 0 Å². The molecule has 0 aromatic heterocycles. The van der Waals surface area contributed by atoms with E-state index in [0.29, 0.717) is 6.42 Å². The van der Waals surface area contributed by atoms with Crippen LogP contribution in [0.3, 0.4) is 0 Å². The van der Waals surface area contributed by atoms with E-state index >= 15 is 0 Å². The Morgan fingerprint density at radius 1 is 1.24 bits per heavy atom. The molecule has 4 nitrogen and oxygen atoms in total. The van der Waals surface area contributed by atoms with Crippen LogP contribution in [0, 0.1) is 18.8 Å². The number of aryl methyl sites for hydroxylation is 1. The molecule has 1 fully saturated rings. The molecule has 1 aromatic rings. The minimum atomic E-state index is -4.63. The molecule has 138 valence electrons. The van der Waals surface area contributed by atoms with E-state index in [4.69, 9.17) is 5.11 Å². The van der Waals surface area contributed by atoms with Crippen molar-refractivity contribution in [3.05, 3.63) is 35.4 Å². The van der Waals surface area contributed by atoms with Crippen LogP contribution in [0.25, 0.3) is 0 Å². The summed E-state index contributed by atoms with van der Waals surface area (Å²) in [5, 5.41) is 9.04. The molecule has 0 aliphatic carbocycles. The second-order valence-corrected chi connectivity index (χ2v) is 6.61. The summed E-state index contributed by atoms with van der Waals surface area (Å²) in [7, 11) is 0. The average molecular weight is 357 g/mol. The fourth-order valence-electron chi connectivity index (χ4n) is 3.27. The number of hydrogen-bond acceptors (Lipinski definition) is 2. The Labute approximate surface area is 144 Å². The highest BCUT2D eigenvalue weighted by Crippen LogP contribution is 2.38. The molecule has 1 heterocycles. The largest absolute Gasteiger partial charge is 0.481 e. The number of benzene rings is 1. The van der Waals surface area contributed by atoms with Crippen molar-refractivity contribution in [1.82, 2.24) is 4.90 Å². The van der Waals surface area contributed by atoms with Crippen LogP contribution < -0.4 is 0 Å². The Morgan fingerprint density at radius 3 is 2.28 bits per heavy atom. The molecule has 1 aliphatic rings. The van der Waals surface area contributed by atoms with Gasteiger partial charge in [-0.2, -0.15) is 13.2 Å².